The fourth-order valence-corrected chi connectivity index (χ4v) is 15.9. The molecule has 0 atom stereocenters. The van der Waals surface area contributed by atoms with E-state index in [0.29, 0.717) is 0 Å². The molecular weight excluding hydrogens is 781 g/mol. The Morgan fingerprint density at radius 1 is 0.349 bits per heavy atom. The normalized spacial score (nSPS) is 12.9. The summed E-state index contributed by atoms with van der Waals surface area (Å²) in [7, 11) is -2.92. The topological polar surface area (TPSA) is 35.6 Å². The van der Waals surface area contributed by atoms with Gasteiger partial charge in [-0.1, -0.05) is 188 Å². The van der Waals surface area contributed by atoms with Crippen molar-refractivity contribution in [2.75, 3.05) is 0 Å². The molecule has 3 aromatic heterocycles. The van der Waals surface area contributed by atoms with Crippen molar-refractivity contribution in [3.05, 3.63) is 231 Å². The third-order valence-electron chi connectivity index (χ3n) is 13.2. The number of benzene rings is 9. The first-order valence-corrected chi connectivity index (χ1v) is 23.6. The molecule has 0 bridgehead atoms. The van der Waals surface area contributed by atoms with E-state index in [2.05, 4.69) is 240 Å². The lowest BCUT2D eigenvalue weighted by Crippen LogP contribution is -2.73. The molecule has 294 valence electrons. The first-order chi connectivity index (χ1) is 31.3. The van der Waals surface area contributed by atoms with Gasteiger partial charge in [-0.15, -0.1) is 0 Å². The number of rotatable bonds is 6. The molecule has 0 saturated heterocycles. The van der Waals surface area contributed by atoms with E-state index in [1.165, 1.54) is 69.9 Å². The zero-order chi connectivity index (χ0) is 41.5. The van der Waals surface area contributed by atoms with Crippen LogP contribution in [0.2, 0.25) is 0 Å². The van der Waals surface area contributed by atoms with Gasteiger partial charge in [0.25, 0.3) is 0 Å². The zero-order valence-electron chi connectivity index (χ0n) is 34.2. The maximum absolute atomic E-state index is 5.61. The molecule has 13 rings (SSSR count). The second kappa shape index (κ2) is 14.0. The molecule has 0 unspecified atom stereocenters. The highest BCUT2D eigenvalue weighted by atomic mass is 28.3. The molecule has 9 aromatic carbocycles. The summed E-state index contributed by atoms with van der Waals surface area (Å²) in [5.41, 5.74) is 12.3. The Morgan fingerprint density at radius 2 is 0.889 bits per heavy atom. The summed E-state index contributed by atoms with van der Waals surface area (Å²) in [6, 6.07) is 83.8. The predicted molar refractivity (Wildman–Crippen MR) is 264 cm³/mol. The minimum atomic E-state index is -2.92. The van der Waals surface area contributed by atoms with Crippen molar-refractivity contribution in [1.29, 1.82) is 0 Å². The van der Waals surface area contributed by atoms with Gasteiger partial charge < -0.3 is 9.13 Å². The fraction of sp³-hybridized carbons (Fsp3) is 0. The molecule has 0 radical (unpaired) electrons. The highest BCUT2D eigenvalue weighted by molar-refractivity contribution is 7.22. The summed E-state index contributed by atoms with van der Waals surface area (Å²) in [5.74, 6) is 0.731. The van der Waals surface area contributed by atoms with Crippen molar-refractivity contribution in [3.8, 4) is 45.3 Å². The Hall–Kier alpha value is -8.12. The first-order valence-electron chi connectivity index (χ1n) is 21.6. The van der Waals surface area contributed by atoms with Crippen LogP contribution in [0.3, 0.4) is 0 Å². The van der Waals surface area contributed by atoms with Crippen LogP contribution in [0, 0.1) is 0 Å². The molecule has 4 heterocycles. The molecular formula is C58H38N4Si. The average molecular weight is 819 g/mol. The van der Waals surface area contributed by atoms with Gasteiger partial charge in [0.1, 0.15) is 0 Å². The Kier molecular flexibility index (Phi) is 7.89. The Labute approximate surface area is 365 Å². The van der Waals surface area contributed by atoms with Gasteiger partial charge in [-0.2, -0.15) is 0 Å². The van der Waals surface area contributed by atoms with E-state index in [4.69, 9.17) is 9.97 Å². The Balaban J connectivity index is 1.08. The van der Waals surface area contributed by atoms with Crippen molar-refractivity contribution in [1.82, 2.24) is 19.1 Å². The van der Waals surface area contributed by atoms with Crippen LogP contribution in [-0.4, -0.2) is 27.2 Å². The van der Waals surface area contributed by atoms with Gasteiger partial charge in [0.05, 0.1) is 33.5 Å². The van der Waals surface area contributed by atoms with Crippen LogP contribution in [0.1, 0.15) is 0 Å². The van der Waals surface area contributed by atoms with Crippen LogP contribution in [0.15, 0.2) is 231 Å². The molecule has 4 nitrogen and oxygen atoms in total. The van der Waals surface area contributed by atoms with E-state index < -0.39 is 8.07 Å². The Morgan fingerprint density at radius 3 is 1.59 bits per heavy atom. The van der Waals surface area contributed by atoms with Crippen LogP contribution in [-0.2, 0) is 0 Å². The first kappa shape index (κ1) is 35.6. The summed E-state index contributed by atoms with van der Waals surface area (Å²) < 4.78 is 4.88. The molecule has 0 saturated carbocycles. The quantitative estimate of drug-likeness (QED) is 0.157. The van der Waals surface area contributed by atoms with Gasteiger partial charge in [-0.3, -0.25) is 0 Å². The Bertz CT molecular complexity index is 3670. The third kappa shape index (κ3) is 5.14. The molecule has 63 heavy (non-hydrogen) atoms. The molecule has 0 spiro atoms. The number of fused-ring (bicyclic) bond motifs is 10. The molecule has 0 N–H and O–H groups in total. The molecule has 12 aromatic rings. The summed E-state index contributed by atoms with van der Waals surface area (Å²) in [6.45, 7) is 0. The van der Waals surface area contributed by atoms with E-state index in [1.807, 2.05) is 0 Å². The minimum absolute atomic E-state index is 0.731. The van der Waals surface area contributed by atoms with Crippen LogP contribution < -0.4 is 20.7 Å². The van der Waals surface area contributed by atoms with E-state index >= 15 is 0 Å². The number of hydrogen-bond acceptors (Lipinski definition) is 2. The van der Waals surface area contributed by atoms with E-state index in [1.54, 1.807) is 0 Å². The van der Waals surface area contributed by atoms with Crippen LogP contribution in [0.25, 0.3) is 88.9 Å². The lowest BCUT2D eigenvalue weighted by atomic mass is 10.1. The minimum Gasteiger partial charge on any atom is -0.309 e. The van der Waals surface area contributed by atoms with Crippen LogP contribution in [0.5, 0.6) is 0 Å². The smallest absolute Gasteiger partial charge is 0.185 e. The molecule has 0 fully saturated rings. The van der Waals surface area contributed by atoms with Gasteiger partial charge in [-0.25, -0.2) is 9.97 Å². The number of aromatic nitrogens is 4. The largest absolute Gasteiger partial charge is 0.309 e. The maximum atomic E-state index is 5.61. The predicted octanol–water partition coefficient (Wildman–Crippen LogP) is 11.4. The van der Waals surface area contributed by atoms with Crippen molar-refractivity contribution >= 4 is 72.4 Å². The molecule has 0 amide bonds. The lowest BCUT2D eigenvalue weighted by molar-refractivity contribution is 1.17. The van der Waals surface area contributed by atoms with Gasteiger partial charge >= 0.3 is 0 Å². The van der Waals surface area contributed by atoms with E-state index in [0.717, 1.165) is 39.7 Å². The summed E-state index contributed by atoms with van der Waals surface area (Å²) >= 11 is 0. The number of hydrogen-bond donors (Lipinski definition) is 0. The fourth-order valence-electron chi connectivity index (χ4n) is 10.6. The number of nitrogens with zero attached hydrogens (tertiary/aromatic N) is 4. The van der Waals surface area contributed by atoms with Crippen molar-refractivity contribution in [2.45, 2.75) is 0 Å². The second-order valence-corrected chi connectivity index (χ2v) is 20.1. The van der Waals surface area contributed by atoms with Crippen LogP contribution >= 0.6 is 0 Å². The van der Waals surface area contributed by atoms with Gasteiger partial charge in [0.2, 0.25) is 0 Å². The van der Waals surface area contributed by atoms with Gasteiger partial charge in [-0.05, 0) is 58.0 Å². The molecule has 1 aliphatic heterocycles. The van der Waals surface area contributed by atoms with Gasteiger partial charge in [0, 0.05) is 54.8 Å². The monoisotopic (exact) mass is 818 g/mol. The SMILES string of the molecule is c1ccc(-c2nc(-c3ccc(-n4c5ccccc5c5c4ccc4c6ccccc6n(-c6ccccc6)c45)cc3)c3c(n2)-c2ccccc2[Si]3(c2ccccc2)c2ccccc2)cc1. The van der Waals surface area contributed by atoms with E-state index in [9.17, 15) is 0 Å². The zero-order valence-corrected chi connectivity index (χ0v) is 35.2. The standard InChI is InChI=1S/C58H38N4Si/c1-5-19-40(20-6-1)58-59-54(57-55(60-58)48-29-15-18-32-52(48)63(57,43-23-9-3-10-24-43)44-25-11-4-12-26-44)39-33-35-42(36-34-39)61-50-31-17-14-28-47(50)53-51(61)38-37-46-45-27-13-16-30-49(45)62(56(46)53)41-21-7-2-8-22-41/h1-38H. The summed E-state index contributed by atoms with van der Waals surface area (Å²) in [5, 5.41) is 10.2. The average Bonchev–Trinajstić information content (AvgIpc) is 3.99. The highest BCUT2D eigenvalue weighted by Gasteiger charge is 2.51. The van der Waals surface area contributed by atoms with Crippen LogP contribution in [0.4, 0.5) is 0 Å². The number of para-hydroxylation sites is 3. The van der Waals surface area contributed by atoms with Gasteiger partial charge in [0.15, 0.2) is 13.9 Å². The summed E-state index contributed by atoms with van der Waals surface area (Å²) in [6.07, 6.45) is 0. The molecule has 1 aliphatic rings. The third-order valence-corrected chi connectivity index (χ3v) is 18.1. The lowest BCUT2D eigenvalue weighted by Gasteiger charge is -2.32. The highest BCUT2D eigenvalue weighted by Crippen LogP contribution is 2.42. The summed E-state index contributed by atoms with van der Waals surface area (Å²) in [4.78, 5) is 11.1. The van der Waals surface area contributed by atoms with Crippen molar-refractivity contribution in [2.24, 2.45) is 0 Å². The molecule has 0 aliphatic carbocycles. The maximum Gasteiger partial charge on any atom is 0.185 e. The van der Waals surface area contributed by atoms with E-state index in [-0.39, 0.29) is 0 Å². The second-order valence-electron chi connectivity index (χ2n) is 16.5. The van der Waals surface area contributed by atoms with Crippen molar-refractivity contribution < 1.29 is 0 Å². The molecule has 5 heteroatoms. The van der Waals surface area contributed by atoms with Crippen molar-refractivity contribution in [3.63, 3.8) is 0 Å².